The topological polar surface area (TPSA) is 25.2 Å². The lowest BCUT2D eigenvalue weighted by atomic mass is 9.75. The zero-order chi connectivity index (χ0) is 14.9. The van der Waals surface area contributed by atoms with Crippen LogP contribution in [0, 0.1) is 12.3 Å². The minimum Gasteiger partial charge on any atom is -0.459 e. The summed E-state index contributed by atoms with van der Waals surface area (Å²) in [7, 11) is 0. The van der Waals surface area contributed by atoms with Gasteiger partial charge in [-0.1, -0.05) is 38.3 Å². The molecule has 2 nitrogen and oxygen atoms in total. The number of aryl methyl sites for hydroxylation is 1. The normalized spacial score (nSPS) is 19.2. The lowest BCUT2D eigenvalue weighted by Gasteiger charge is -2.36. The fraction of sp³-hybridized carbons (Fsp3) is 0.579. The van der Waals surface area contributed by atoms with E-state index in [1.54, 1.807) is 0 Å². The van der Waals surface area contributed by atoms with Gasteiger partial charge >= 0.3 is 0 Å². The number of hydrogen-bond acceptors (Lipinski definition) is 2. The first-order valence-electron chi connectivity index (χ1n) is 8.42. The van der Waals surface area contributed by atoms with Crippen molar-refractivity contribution >= 4 is 11.0 Å². The number of benzene rings is 1. The minimum atomic E-state index is 0.350. The van der Waals surface area contributed by atoms with E-state index >= 15 is 0 Å². The average Bonchev–Trinajstić information content (AvgIpc) is 3.11. The van der Waals surface area contributed by atoms with Gasteiger partial charge in [-0.3, -0.25) is 0 Å². The van der Waals surface area contributed by atoms with E-state index in [4.69, 9.17) is 4.42 Å². The van der Waals surface area contributed by atoms with E-state index in [0.29, 0.717) is 11.5 Å². The molecule has 0 aliphatic heterocycles. The smallest absolute Gasteiger partial charge is 0.134 e. The van der Waals surface area contributed by atoms with E-state index < -0.39 is 0 Å². The van der Waals surface area contributed by atoms with E-state index in [2.05, 4.69) is 50.4 Å². The molecule has 2 heteroatoms. The molecule has 1 aromatic heterocycles. The Morgan fingerprint density at radius 3 is 2.62 bits per heavy atom. The van der Waals surface area contributed by atoms with Crippen molar-refractivity contribution in [1.82, 2.24) is 5.32 Å². The number of hydrogen-bond donors (Lipinski definition) is 1. The molecule has 0 amide bonds. The van der Waals surface area contributed by atoms with Crippen molar-refractivity contribution in [3.63, 3.8) is 0 Å². The van der Waals surface area contributed by atoms with E-state index in [-0.39, 0.29) is 0 Å². The summed E-state index contributed by atoms with van der Waals surface area (Å²) in [6, 6.07) is 9.06. The molecule has 1 saturated carbocycles. The minimum absolute atomic E-state index is 0.350. The largest absolute Gasteiger partial charge is 0.459 e. The van der Waals surface area contributed by atoms with Gasteiger partial charge in [0.05, 0.1) is 6.04 Å². The third-order valence-corrected chi connectivity index (χ3v) is 5.30. The summed E-state index contributed by atoms with van der Waals surface area (Å²) in [5.41, 5.74) is 2.68. The van der Waals surface area contributed by atoms with Gasteiger partial charge in [0.15, 0.2) is 0 Å². The van der Waals surface area contributed by atoms with Gasteiger partial charge in [-0.15, -0.1) is 0 Å². The van der Waals surface area contributed by atoms with Crippen molar-refractivity contribution in [2.75, 3.05) is 6.54 Å². The molecule has 1 heterocycles. The molecule has 3 rings (SSSR count). The number of furan rings is 1. The molecule has 1 fully saturated rings. The predicted octanol–water partition coefficient (Wildman–Crippen LogP) is 5.36. The summed E-state index contributed by atoms with van der Waals surface area (Å²) in [6.07, 6.45) is 6.57. The Morgan fingerprint density at radius 2 is 1.95 bits per heavy atom. The maximum absolute atomic E-state index is 6.21. The second-order valence-corrected chi connectivity index (χ2v) is 6.60. The van der Waals surface area contributed by atoms with Crippen LogP contribution in [-0.4, -0.2) is 6.54 Å². The van der Waals surface area contributed by atoms with Crippen molar-refractivity contribution in [2.24, 2.45) is 5.41 Å². The summed E-state index contributed by atoms with van der Waals surface area (Å²) in [6.45, 7) is 7.65. The van der Waals surface area contributed by atoms with Crippen LogP contribution in [0.3, 0.4) is 0 Å². The maximum atomic E-state index is 6.21. The first kappa shape index (κ1) is 14.6. The third-order valence-electron chi connectivity index (χ3n) is 5.30. The SMILES string of the molecule is CCNC(c1cc2cc(C)ccc2o1)C1(CC)CCCC1. The molecule has 0 bridgehead atoms. The molecule has 1 atom stereocenters. The Hall–Kier alpha value is -1.28. The zero-order valence-electron chi connectivity index (χ0n) is 13.5. The van der Waals surface area contributed by atoms with E-state index in [0.717, 1.165) is 17.9 Å². The van der Waals surface area contributed by atoms with Crippen molar-refractivity contribution in [3.05, 3.63) is 35.6 Å². The van der Waals surface area contributed by atoms with Gasteiger partial charge in [0, 0.05) is 5.39 Å². The molecule has 1 unspecified atom stereocenters. The van der Waals surface area contributed by atoms with Crippen molar-refractivity contribution in [2.45, 2.75) is 58.9 Å². The maximum Gasteiger partial charge on any atom is 0.134 e. The number of fused-ring (bicyclic) bond motifs is 1. The fourth-order valence-corrected chi connectivity index (χ4v) is 4.07. The van der Waals surface area contributed by atoms with Gasteiger partial charge in [0.1, 0.15) is 11.3 Å². The molecule has 0 saturated heterocycles. The van der Waals surface area contributed by atoms with Gasteiger partial charge in [0.2, 0.25) is 0 Å². The lowest BCUT2D eigenvalue weighted by molar-refractivity contribution is 0.169. The fourth-order valence-electron chi connectivity index (χ4n) is 4.07. The second kappa shape index (κ2) is 5.84. The Labute approximate surface area is 127 Å². The zero-order valence-corrected chi connectivity index (χ0v) is 13.5. The Kier molecular flexibility index (Phi) is 4.08. The summed E-state index contributed by atoms with van der Waals surface area (Å²) >= 11 is 0. The standard InChI is InChI=1S/C19H27NO/c1-4-19(10-6-7-11-19)18(20-5-2)17-13-15-12-14(3)8-9-16(15)21-17/h8-9,12-13,18,20H,4-7,10-11H2,1-3H3. The highest BCUT2D eigenvalue weighted by molar-refractivity contribution is 5.78. The van der Waals surface area contributed by atoms with Crippen LogP contribution < -0.4 is 5.32 Å². The van der Waals surface area contributed by atoms with Crippen molar-refractivity contribution in [3.8, 4) is 0 Å². The van der Waals surface area contributed by atoms with Gasteiger partial charge in [-0.05, 0) is 56.3 Å². The molecular formula is C19H27NO. The Bertz CT molecular complexity index is 607. The summed E-state index contributed by atoms with van der Waals surface area (Å²) < 4.78 is 6.21. The molecule has 114 valence electrons. The number of rotatable bonds is 5. The van der Waals surface area contributed by atoms with E-state index in [1.807, 2.05) is 0 Å². The van der Waals surface area contributed by atoms with Gasteiger partial charge in [-0.2, -0.15) is 0 Å². The molecule has 1 N–H and O–H groups in total. The molecule has 21 heavy (non-hydrogen) atoms. The quantitative estimate of drug-likeness (QED) is 0.799. The molecular weight excluding hydrogens is 258 g/mol. The van der Waals surface area contributed by atoms with Crippen LogP contribution in [-0.2, 0) is 0 Å². The van der Waals surface area contributed by atoms with Crippen LogP contribution in [0.4, 0.5) is 0 Å². The molecule has 0 spiro atoms. The van der Waals surface area contributed by atoms with E-state index in [9.17, 15) is 0 Å². The monoisotopic (exact) mass is 285 g/mol. The van der Waals surface area contributed by atoms with Crippen LogP contribution in [0.5, 0.6) is 0 Å². The molecule has 1 aromatic carbocycles. The first-order valence-corrected chi connectivity index (χ1v) is 8.42. The number of nitrogens with one attached hydrogen (secondary N) is 1. The van der Waals surface area contributed by atoms with Gasteiger partial charge in [0.25, 0.3) is 0 Å². The highest BCUT2D eigenvalue weighted by Gasteiger charge is 2.41. The van der Waals surface area contributed by atoms with Crippen LogP contribution >= 0.6 is 0 Å². The Morgan fingerprint density at radius 1 is 1.19 bits per heavy atom. The highest BCUT2D eigenvalue weighted by Crippen LogP contribution is 2.50. The molecule has 1 aliphatic rings. The summed E-state index contributed by atoms with van der Waals surface area (Å²) in [5.74, 6) is 1.13. The van der Waals surface area contributed by atoms with Gasteiger partial charge in [-0.25, -0.2) is 0 Å². The van der Waals surface area contributed by atoms with Crippen molar-refractivity contribution in [1.29, 1.82) is 0 Å². The third kappa shape index (κ3) is 2.62. The lowest BCUT2D eigenvalue weighted by Crippen LogP contribution is -2.35. The molecule has 0 radical (unpaired) electrons. The average molecular weight is 285 g/mol. The van der Waals surface area contributed by atoms with Crippen LogP contribution in [0.2, 0.25) is 0 Å². The molecule has 2 aromatic rings. The van der Waals surface area contributed by atoms with Crippen LogP contribution in [0.15, 0.2) is 28.7 Å². The Balaban J connectivity index is 2.02. The van der Waals surface area contributed by atoms with Gasteiger partial charge < -0.3 is 9.73 Å². The second-order valence-electron chi connectivity index (χ2n) is 6.60. The van der Waals surface area contributed by atoms with Crippen molar-refractivity contribution < 1.29 is 4.42 Å². The van der Waals surface area contributed by atoms with Crippen LogP contribution in [0.25, 0.3) is 11.0 Å². The van der Waals surface area contributed by atoms with E-state index in [1.165, 1.54) is 43.1 Å². The summed E-state index contributed by atoms with van der Waals surface area (Å²) in [4.78, 5) is 0. The predicted molar refractivity (Wildman–Crippen MR) is 88.6 cm³/mol. The van der Waals surface area contributed by atoms with Crippen LogP contribution in [0.1, 0.15) is 63.3 Å². The first-order chi connectivity index (χ1) is 10.2. The highest BCUT2D eigenvalue weighted by atomic mass is 16.3. The summed E-state index contributed by atoms with van der Waals surface area (Å²) in [5, 5.41) is 4.95. The molecule has 1 aliphatic carbocycles.